The zero-order valence-corrected chi connectivity index (χ0v) is 17.7. The Morgan fingerprint density at radius 2 is 0.750 bits per heavy atom. The van der Waals surface area contributed by atoms with Crippen molar-refractivity contribution < 1.29 is 0 Å². The molecule has 2 heteroatoms. The Morgan fingerprint density at radius 1 is 0.393 bits per heavy atom. The molecule has 0 atom stereocenters. The van der Waals surface area contributed by atoms with Crippen LogP contribution in [-0.2, 0) is 0 Å². The second-order valence-electron chi connectivity index (χ2n) is 6.62. The van der Waals surface area contributed by atoms with Crippen LogP contribution in [0.4, 0.5) is 0 Å². The van der Waals surface area contributed by atoms with Crippen LogP contribution in [0.3, 0.4) is 0 Å². The topological polar surface area (TPSA) is 0 Å². The molecule has 0 saturated carbocycles. The van der Waals surface area contributed by atoms with Gasteiger partial charge in [-0.1, -0.05) is 54.6 Å². The van der Waals surface area contributed by atoms with Gasteiger partial charge in [0.25, 0.3) is 0 Å². The molecule has 0 spiro atoms. The lowest BCUT2D eigenvalue weighted by Crippen LogP contribution is -1.86. The van der Waals surface area contributed by atoms with E-state index in [9.17, 15) is 0 Å². The second kappa shape index (κ2) is 8.72. The number of hydrogen-bond acceptors (Lipinski definition) is 2. The highest BCUT2D eigenvalue weighted by Gasteiger charge is 2.08. The maximum absolute atomic E-state index is 2.30. The SMILES string of the molecule is CSc1ccc(-c2cc(-c3ccccc3)cc(-c3ccc(SC)cc3)c2)cc1. The summed E-state index contributed by atoms with van der Waals surface area (Å²) >= 11 is 3.55. The number of rotatable bonds is 5. The van der Waals surface area contributed by atoms with Crippen LogP contribution in [0.5, 0.6) is 0 Å². The van der Waals surface area contributed by atoms with Crippen molar-refractivity contribution in [2.75, 3.05) is 12.5 Å². The summed E-state index contributed by atoms with van der Waals surface area (Å²) in [6, 6.07) is 35.2. The molecular weight excluding hydrogens is 376 g/mol. The predicted molar refractivity (Wildman–Crippen MR) is 126 cm³/mol. The van der Waals surface area contributed by atoms with E-state index in [1.54, 1.807) is 23.5 Å². The monoisotopic (exact) mass is 398 g/mol. The van der Waals surface area contributed by atoms with Gasteiger partial charge in [0.1, 0.15) is 0 Å². The second-order valence-corrected chi connectivity index (χ2v) is 8.38. The third-order valence-corrected chi connectivity index (χ3v) is 6.37. The lowest BCUT2D eigenvalue weighted by atomic mass is 9.93. The summed E-state index contributed by atoms with van der Waals surface area (Å²) in [5, 5.41) is 0. The third-order valence-electron chi connectivity index (χ3n) is 4.89. The van der Waals surface area contributed by atoms with E-state index in [1.165, 1.54) is 43.2 Å². The van der Waals surface area contributed by atoms with Crippen molar-refractivity contribution in [3.05, 3.63) is 97.1 Å². The molecule has 0 radical (unpaired) electrons. The van der Waals surface area contributed by atoms with Gasteiger partial charge >= 0.3 is 0 Å². The Labute approximate surface area is 176 Å². The summed E-state index contributed by atoms with van der Waals surface area (Å²) in [5.74, 6) is 0. The van der Waals surface area contributed by atoms with Crippen molar-refractivity contribution in [2.24, 2.45) is 0 Å². The predicted octanol–water partition coefficient (Wildman–Crippen LogP) is 8.13. The molecule has 4 aromatic rings. The first-order valence-corrected chi connectivity index (χ1v) is 11.7. The molecule has 0 saturated heterocycles. The van der Waals surface area contributed by atoms with Crippen LogP contribution in [0, 0.1) is 0 Å². The first-order valence-electron chi connectivity index (χ1n) is 9.26. The Hall–Kier alpha value is -2.42. The highest BCUT2D eigenvalue weighted by Crippen LogP contribution is 2.34. The minimum atomic E-state index is 1.24. The van der Waals surface area contributed by atoms with Gasteiger partial charge in [-0.05, 0) is 88.4 Å². The first kappa shape index (κ1) is 18.9. The fraction of sp³-hybridized carbons (Fsp3) is 0.0769. The van der Waals surface area contributed by atoms with Crippen LogP contribution in [-0.4, -0.2) is 12.5 Å². The van der Waals surface area contributed by atoms with Crippen molar-refractivity contribution in [1.82, 2.24) is 0 Å². The third kappa shape index (κ3) is 4.19. The van der Waals surface area contributed by atoms with Crippen molar-refractivity contribution in [1.29, 1.82) is 0 Å². The molecule has 138 valence electrons. The van der Waals surface area contributed by atoms with E-state index >= 15 is 0 Å². The highest BCUT2D eigenvalue weighted by atomic mass is 32.2. The van der Waals surface area contributed by atoms with Crippen molar-refractivity contribution in [2.45, 2.75) is 9.79 Å². The Kier molecular flexibility index (Phi) is 5.90. The molecule has 0 aromatic heterocycles. The van der Waals surface area contributed by atoms with Gasteiger partial charge in [-0.3, -0.25) is 0 Å². The zero-order valence-electron chi connectivity index (χ0n) is 16.1. The van der Waals surface area contributed by atoms with Crippen LogP contribution in [0.25, 0.3) is 33.4 Å². The maximum atomic E-state index is 2.30. The van der Waals surface area contributed by atoms with Crippen LogP contribution in [0.1, 0.15) is 0 Å². The quantitative estimate of drug-likeness (QED) is 0.311. The van der Waals surface area contributed by atoms with Gasteiger partial charge in [0, 0.05) is 9.79 Å². The molecule has 4 aromatic carbocycles. The van der Waals surface area contributed by atoms with E-state index in [0.29, 0.717) is 0 Å². The summed E-state index contributed by atoms with van der Waals surface area (Å²) in [6.45, 7) is 0. The first-order chi connectivity index (χ1) is 13.8. The van der Waals surface area contributed by atoms with Gasteiger partial charge < -0.3 is 0 Å². The average molecular weight is 399 g/mol. The molecule has 0 aliphatic carbocycles. The minimum absolute atomic E-state index is 1.24. The average Bonchev–Trinajstić information content (AvgIpc) is 2.79. The van der Waals surface area contributed by atoms with Gasteiger partial charge in [0.2, 0.25) is 0 Å². The molecule has 0 amide bonds. The molecule has 28 heavy (non-hydrogen) atoms. The summed E-state index contributed by atoms with van der Waals surface area (Å²) < 4.78 is 0. The molecule has 0 heterocycles. The lowest BCUT2D eigenvalue weighted by molar-refractivity contribution is 1.45. The maximum Gasteiger partial charge on any atom is 0.00695 e. The standard InChI is InChI=1S/C26H22S2/c1-27-25-12-8-20(9-13-25)23-16-22(19-6-4-3-5-7-19)17-24(18-23)21-10-14-26(28-2)15-11-21/h3-18H,1-2H3. The summed E-state index contributed by atoms with van der Waals surface area (Å²) in [5.41, 5.74) is 7.48. The molecule has 0 unspecified atom stereocenters. The van der Waals surface area contributed by atoms with Gasteiger partial charge in [-0.15, -0.1) is 23.5 Å². The number of hydrogen-bond donors (Lipinski definition) is 0. The van der Waals surface area contributed by atoms with Gasteiger partial charge in [-0.25, -0.2) is 0 Å². The van der Waals surface area contributed by atoms with E-state index < -0.39 is 0 Å². The molecule has 4 rings (SSSR count). The highest BCUT2D eigenvalue weighted by molar-refractivity contribution is 7.98. The summed E-state index contributed by atoms with van der Waals surface area (Å²) in [6.07, 6.45) is 4.22. The Balaban J connectivity index is 1.84. The summed E-state index contributed by atoms with van der Waals surface area (Å²) in [7, 11) is 0. The van der Waals surface area contributed by atoms with Crippen molar-refractivity contribution >= 4 is 23.5 Å². The minimum Gasteiger partial charge on any atom is -0.130 e. The van der Waals surface area contributed by atoms with Crippen molar-refractivity contribution in [3.63, 3.8) is 0 Å². The van der Waals surface area contributed by atoms with E-state index in [1.807, 2.05) is 0 Å². The zero-order chi connectivity index (χ0) is 19.3. The van der Waals surface area contributed by atoms with Crippen LogP contribution in [0.15, 0.2) is 107 Å². The fourth-order valence-corrected chi connectivity index (χ4v) is 4.14. The summed E-state index contributed by atoms with van der Waals surface area (Å²) in [4.78, 5) is 2.58. The van der Waals surface area contributed by atoms with Gasteiger partial charge in [0.15, 0.2) is 0 Å². The van der Waals surface area contributed by atoms with Crippen LogP contribution >= 0.6 is 23.5 Å². The van der Waals surface area contributed by atoms with Crippen LogP contribution < -0.4 is 0 Å². The van der Waals surface area contributed by atoms with E-state index in [0.717, 1.165) is 0 Å². The Bertz CT molecular complexity index is 984. The molecular formula is C26H22S2. The van der Waals surface area contributed by atoms with Crippen LogP contribution in [0.2, 0.25) is 0 Å². The Morgan fingerprint density at radius 3 is 1.11 bits per heavy atom. The molecule has 0 aliphatic heterocycles. The van der Waals surface area contributed by atoms with E-state index in [-0.39, 0.29) is 0 Å². The largest absolute Gasteiger partial charge is 0.130 e. The van der Waals surface area contributed by atoms with Crippen molar-refractivity contribution in [3.8, 4) is 33.4 Å². The molecule has 0 fully saturated rings. The van der Waals surface area contributed by atoms with Gasteiger partial charge in [-0.2, -0.15) is 0 Å². The molecule has 0 aliphatic rings. The smallest absolute Gasteiger partial charge is 0.00695 e. The number of thioether (sulfide) groups is 2. The molecule has 0 nitrogen and oxygen atoms in total. The van der Waals surface area contributed by atoms with E-state index in [2.05, 4.69) is 110 Å². The van der Waals surface area contributed by atoms with Gasteiger partial charge in [0.05, 0.1) is 0 Å². The fourth-order valence-electron chi connectivity index (χ4n) is 3.33. The molecule has 0 N–H and O–H groups in total. The normalized spacial score (nSPS) is 10.8. The van der Waals surface area contributed by atoms with E-state index in [4.69, 9.17) is 0 Å². The molecule has 0 bridgehead atoms. The number of benzene rings is 4. The lowest BCUT2D eigenvalue weighted by Gasteiger charge is -2.12.